The summed E-state index contributed by atoms with van der Waals surface area (Å²) in [6.07, 6.45) is 0. The average Bonchev–Trinajstić information content (AvgIpc) is 2.73. The Hall–Kier alpha value is -2.37. The van der Waals surface area contributed by atoms with Crippen molar-refractivity contribution in [3.63, 3.8) is 0 Å². The van der Waals surface area contributed by atoms with Crippen molar-refractivity contribution in [1.82, 2.24) is 10.1 Å². The molecule has 0 spiro atoms. The van der Waals surface area contributed by atoms with Gasteiger partial charge in [-0.15, -0.1) is 0 Å². The number of aryl methyl sites for hydroxylation is 2. The van der Waals surface area contributed by atoms with Gasteiger partial charge in [0, 0.05) is 12.6 Å². The Morgan fingerprint density at radius 1 is 1.44 bits per heavy atom. The maximum atomic E-state index is 11.1. The molecule has 6 nitrogen and oxygen atoms in total. The number of aromatic nitrogens is 2. The average molecular weight is 247 g/mol. The highest BCUT2D eigenvalue weighted by atomic mass is 16.5. The van der Waals surface area contributed by atoms with Gasteiger partial charge in [0.15, 0.2) is 5.82 Å². The third-order valence-electron chi connectivity index (χ3n) is 2.41. The van der Waals surface area contributed by atoms with Crippen LogP contribution in [0.4, 0.5) is 5.69 Å². The van der Waals surface area contributed by atoms with E-state index in [0.29, 0.717) is 23.9 Å². The number of benzene rings is 1. The number of rotatable bonds is 4. The van der Waals surface area contributed by atoms with Crippen LogP contribution in [0.3, 0.4) is 0 Å². The van der Waals surface area contributed by atoms with E-state index < -0.39 is 5.97 Å². The van der Waals surface area contributed by atoms with Crippen LogP contribution in [0.15, 0.2) is 22.7 Å². The van der Waals surface area contributed by atoms with Crippen LogP contribution in [0.2, 0.25) is 0 Å². The lowest BCUT2D eigenvalue weighted by Crippen LogP contribution is -2.07. The molecule has 2 rings (SSSR count). The number of carboxylic acids is 1. The molecule has 0 bridgehead atoms. The zero-order valence-electron chi connectivity index (χ0n) is 10.1. The van der Waals surface area contributed by atoms with Gasteiger partial charge in [-0.1, -0.05) is 16.8 Å². The summed E-state index contributed by atoms with van der Waals surface area (Å²) in [6.45, 7) is 3.87. The van der Waals surface area contributed by atoms with Crippen molar-refractivity contribution in [3.8, 4) is 0 Å². The van der Waals surface area contributed by atoms with E-state index in [-0.39, 0.29) is 5.56 Å². The second kappa shape index (κ2) is 4.87. The fourth-order valence-corrected chi connectivity index (χ4v) is 1.58. The highest BCUT2D eigenvalue weighted by Crippen LogP contribution is 2.18. The second-order valence-corrected chi connectivity index (χ2v) is 3.94. The Bertz CT molecular complexity index is 578. The summed E-state index contributed by atoms with van der Waals surface area (Å²) in [6, 6.07) is 5.19. The van der Waals surface area contributed by atoms with Crippen molar-refractivity contribution in [1.29, 1.82) is 0 Å². The maximum Gasteiger partial charge on any atom is 0.337 e. The monoisotopic (exact) mass is 247 g/mol. The fraction of sp³-hybridized carbons (Fsp3) is 0.250. The summed E-state index contributed by atoms with van der Waals surface area (Å²) in [5.41, 5.74) is 1.67. The van der Waals surface area contributed by atoms with Crippen LogP contribution in [-0.4, -0.2) is 21.2 Å². The van der Waals surface area contributed by atoms with E-state index >= 15 is 0 Å². The van der Waals surface area contributed by atoms with E-state index in [1.54, 1.807) is 19.1 Å². The van der Waals surface area contributed by atoms with E-state index in [1.165, 1.54) is 0 Å². The summed E-state index contributed by atoms with van der Waals surface area (Å²) in [7, 11) is 0. The highest BCUT2D eigenvalue weighted by molar-refractivity contribution is 5.94. The summed E-state index contributed by atoms with van der Waals surface area (Å²) >= 11 is 0. The third kappa shape index (κ3) is 2.65. The number of nitrogens with zero attached hydrogens (tertiary/aromatic N) is 2. The number of carbonyl (C=O) groups is 1. The van der Waals surface area contributed by atoms with Gasteiger partial charge in [0.2, 0.25) is 5.89 Å². The van der Waals surface area contributed by atoms with E-state index in [9.17, 15) is 4.79 Å². The molecule has 0 amide bonds. The normalized spacial score (nSPS) is 10.3. The Kier molecular flexibility index (Phi) is 3.27. The summed E-state index contributed by atoms with van der Waals surface area (Å²) in [5, 5.41) is 15.8. The first kappa shape index (κ1) is 12.1. The Labute approximate surface area is 104 Å². The molecule has 0 saturated heterocycles. The molecule has 0 fully saturated rings. The van der Waals surface area contributed by atoms with E-state index in [1.807, 2.05) is 13.0 Å². The summed E-state index contributed by atoms with van der Waals surface area (Å²) < 4.78 is 4.83. The van der Waals surface area contributed by atoms with Crippen molar-refractivity contribution in [2.75, 3.05) is 5.32 Å². The molecule has 6 heteroatoms. The van der Waals surface area contributed by atoms with Gasteiger partial charge >= 0.3 is 5.97 Å². The molecular weight excluding hydrogens is 234 g/mol. The summed E-state index contributed by atoms with van der Waals surface area (Å²) in [5.74, 6) is 0.00377. The SMILES string of the molecule is Cc1ccc(NCc2noc(C)n2)c(C(=O)O)c1. The molecule has 0 radical (unpaired) electrons. The lowest BCUT2D eigenvalue weighted by atomic mass is 10.1. The molecule has 1 aromatic heterocycles. The van der Waals surface area contributed by atoms with E-state index in [2.05, 4.69) is 15.5 Å². The lowest BCUT2D eigenvalue weighted by molar-refractivity contribution is 0.0698. The molecule has 18 heavy (non-hydrogen) atoms. The van der Waals surface area contributed by atoms with Crippen LogP contribution >= 0.6 is 0 Å². The van der Waals surface area contributed by atoms with Crippen LogP contribution < -0.4 is 5.32 Å². The molecule has 0 aliphatic rings. The van der Waals surface area contributed by atoms with Crippen LogP contribution in [-0.2, 0) is 6.54 Å². The number of nitrogens with one attached hydrogen (secondary N) is 1. The van der Waals surface area contributed by atoms with Gasteiger partial charge in [-0.2, -0.15) is 4.98 Å². The topological polar surface area (TPSA) is 88.3 Å². The summed E-state index contributed by atoms with van der Waals surface area (Å²) in [4.78, 5) is 15.1. The van der Waals surface area contributed by atoms with Gasteiger partial charge in [-0.25, -0.2) is 4.79 Å². The number of anilines is 1. The van der Waals surface area contributed by atoms with Gasteiger partial charge in [-0.3, -0.25) is 0 Å². The molecule has 0 aliphatic heterocycles. The number of aromatic carboxylic acids is 1. The predicted molar refractivity (Wildman–Crippen MR) is 64.5 cm³/mol. The minimum Gasteiger partial charge on any atom is -0.478 e. The van der Waals surface area contributed by atoms with Crippen molar-refractivity contribution in [3.05, 3.63) is 41.0 Å². The predicted octanol–water partition coefficient (Wildman–Crippen LogP) is 2.00. The quantitative estimate of drug-likeness (QED) is 0.859. The minimum atomic E-state index is -0.967. The van der Waals surface area contributed by atoms with E-state index in [0.717, 1.165) is 5.56 Å². The van der Waals surface area contributed by atoms with Gasteiger partial charge in [0.1, 0.15) is 0 Å². The molecule has 1 aromatic carbocycles. The number of hydrogen-bond donors (Lipinski definition) is 2. The van der Waals surface area contributed by atoms with Gasteiger partial charge in [-0.05, 0) is 19.1 Å². The second-order valence-electron chi connectivity index (χ2n) is 3.94. The smallest absolute Gasteiger partial charge is 0.337 e. The van der Waals surface area contributed by atoms with Crippen LogP contribution in [0.5, 0.6) is 0 Å². The van der Waals surface area contributed by atoms with Crippen LogP contribution in [0.1, 0.15) is 27.6 Å². The molecule has 2 aromatic rings. The van der Waals surface area contributed by atoms with Crippen molar-refractivity contribution < 1.29 is 14.4 Å². The van der Waals surface area contributed by atoms with Gasteiger partial charge < -0.3 is 14.9 Å². The molecule has 0 saturated carbocycles. The molecule has 2 N–H and O–H groups in total. The Morgan fingerprint density at radius 2 is 2.22 bits per heavy atom. The Balaban J connectivity index is 2.16. The fourth-order valence-electron chi connectivity index (χ4n) is 1.58. The molecule has 0 aliphatic carbocycles. The molecule has 1 heterocycles. The Morgan fingerprint density at radius 3 is 2.83 bits per heavy atom. The van der Waals surface area contributed by atoms with Crippen molar-refractivity contribution in [2.45, 2.75) is 20.4 Å². The maximum absolute atomic E-state index is 11.1. The lowest BCUT2D eigenvalue weighted by Gasteiger charge is -2.08. The van der Waals surface area contributed by atoms with Crippen molar-refractivity contribution >= 4 is 11.7 Å². The third-order valence-corrected chi connectivity index (χ3v) is 2.41. The largest absolute Gasteiger partial charge is 0.478 e. The van der Waals surface area contributed by atoms with Gasteiger partial charge in [0.25, 0.3) is 0 Å². The molecule has 0 unspecified atom stereocenters. The first-order chi connectivity index (χ1) is 8.56. The van der Waals surface area contributed by atoms with Crippen LogP contribution in [0.25, 0.3) is 0 Å². The highest BCUT2D eigenvalue weighted by Gasteiger charge is 2.10. The zero-order chi connectivity index (χ0) is 13.1. The zero-order valence-corrected chi connectivity index (χ0v) is 10.1. The molecule has 94 valence electrons. The first-order valence-electron chi connectivity index (χ1n) is 5.43. The minimum absolute atomic E-state index is 0.232. The van der Waals surface area contributed by atoms with Crippen LogP contribution in [0, 0.1) is 13.8 Å². The number of carboxylic acid groups (broad SMARTS) is 1. The number of hydrogen-bond acceptors (Lipinski definition) is 5. The van der Waals surface area contributed by atoms with Gasteiger partial charge in [0.05, 0.1) is 12.1 Å². The molecule has 0 atom stereocenters. The molecular formula is C12H13N3O3. The van der Waals surface area contributed by atoms with E-state index in [4.69, 9.17) is 9.63 Å². The first-order valence-corrected chi connectivity index (χ1v) is 5.43. The standard InChI is InChI=1S/C12H13N3O3/c1-7-3-4-10(9(5-7)12(16)17)13-6-11-14-8(2)18-15-11/h3-5,13H,6H2,1-2H3,(H,16,17). The van der Waals surface area contributed by atoms with Crippen molar-refractivity contribution in [2.24, 2.45) is 0 Å².